The van der Waals surface area contributed by atoms with Crippen molar-refractivity contribution in [1.29, 1.82) is 0 Å². The third-order valence-corrected chi connectivity index (χ3v) is 7.45. The van der Waals surface area contributed by atoms with Gasteiger partial charge in [-0.05, 0) is 43.0 Å². The maximum Gasteiger partial charge on any atom is 0.338 e. The van der Waals surface area contributed by atoms with E-state index < -0.39 is 36.3 Å². The number of hydrogen-bond acceptors (Lipinski definition) is 8. The van der Waals surface area contributed by atoms with Gasteiger partial charge in [-0.15, -0.1) is 0 Å². The Labute approximate surface area is 251 Å². The van der Waals surface area contributed by atoms with Crippen molar-refractivity contribution in [2.75, 3.05) is 26.9 Å². The van der Waals surface area contributed by atoms with E-state index in [1.165, 1.54) is 12.0 Å². The number of rotatable bonds is 12. The molecule has 0 saturated heterocycles. The fourth-order valence-corrected chi connectivity index (χ4v) is 5.42. The van der Waals surface area contributed by atoms with Gasteiger partial charge in [0.1, 0.15) is 12.2 Å². The van der Waals surface area contributed by atoms with Gasteiger partial charge in [0, 0.05) is 25.9 Å². The van der Waals surface area contributed by atoms with Crippen molar-refractivity contribution in [3.05, 3.63) is 76.9 Å². The number of amides is 1. The highest BCUT2D eigenvalue weighted by atomic mass is 16.5. The summed E-state index contributed by atoms with van der Waals surface area (Å²) in [7, 11) is 1.36. The SMILES string of the molecule is CCCCc1nc2c(n1Cc1ccc(-c3ccccc3C(=O)OC)cc1)C(C(=O)OCC)N(C(=O)CC(=O)OCC)CC2. The lowest BCUT2D eigenvalue weighted by Crippen LogP contribution is -2.45. The van der Waals surface area contributed by atoms with E-state index in [4.69, 9.17) is 19.2 Å². The molecular formula is C33H39N3O7. The molecule has 2 aromatic carbocycles. The smallest absolute Gasteiger partial charge is 0.338 e. The average Bonchev–Trinajstić information content (AvgIpc) is 3.36. The third-order valence-electron chi connectivity index (χ3n) is 7.45. The van der Waals surface area contributed by atoms with Crippen molar-refractivity contribution >= 4 is 23.8 Å². The van der Waals surface area contributed by atoms with Gasteiger partial charge in [0.05, 0.1) is 37.3 Å². The van der Waals surface area contributed by atoms with Crippen LogP contribution in [-0.4, -0.2) is 65.1 Å². The van der Waals surface area contributed by atoms with Gasteiger partial charge < -0.3 is 23.7 Å². The van der Waals surface area contributed by atoms with Crippen LogP contribution in [0.15, 0.2) is 48.5 Å². The number of aromatic nitrogens is 2. The summed E-state index contributed by atoms with van der Waals surface area (Å²) in [6.07, 6.45) is 2.59. The zero-order valence-corrected chi connectivity index (χ0v) is 25.3. The molecule has 2 heterocycles. The van der Waals surface area contributed by atoms with Crippen molar-refractivity contribution in [3.63, 3.8) is 0 Å². The second-order valence-electron chi connectivity index (χ2n) is 10.3. The van der Waals surface area contributed by atoms with Crippen LogP contribution in [0.1, 0.15) is 79.2 Å². The molecule has 0 radical (unpaired) electrons. The minimum Gasteiger partial charge on any atom is -0.466 e. The number of fused-ring (bicyclic) bond motifs is 1. The molecule has 0 bridgehead atoms. The van der Waals surface area contributed by atoms with Crippen molar-refractivity contribution in [2.45, 2.75) is 65.5 Å². The van der Waals surface area contributed by atoms with Crippen molar-refractivity contribution in [1.82, 2.24) is 14.5 Å². The van der Waals surface area contributed by atoms with Gasteiger partial charge in [0.15, 0.2) is 6.04 Å². The highest BCUT2D eigenvalue weighted by Gasteiger charge is 2.41. The van der Waals surface area contributed by atoms with E-state index in [1.54, 1.807) is 26.0 Å². The molecule has 10 nitrogen and oxygen atoms in total. The molecule has 0 spiro atoms. The number of unbranched alkanes of at least 4 members (excludes halogenated alkanes) is 1. The van der Waals surface area contributed by atoms with Gasteiger partial charge >= 0.3 is 17.9 Å². The zero-order chi connectivity index (χ0) is 30.9. The zero-order valence-electron chi connectivity index (χ0n) is 25.3. The van der Waals surface area contributed by atoms with E-state index >= 15 is 0 Å². The number of ether oxygens (including phenoxy) is 3. The summed E-state index contributed by atoms with van der Waals surface area (Å²) in [6.45, 7) is 6.47. The molecule has 1 amide bonds. The highest BCUT2D eigenvalue weighted by Crippen LogP contribution is 2.34. The monoisotopic (exact) mass is 589 g/mol. The molecule has 0 aliphatic carbocycles. The Kier molecular flexibility index (Phi) is 10.7. The quantitative estimate of drug-likeness (QED) is 0.170. The number of imidazole rings is 1. The van der Waals surface area contributed by atoms with E-state index in [9.17, 15) is 19.2 Å². The molecule has 43 heavy (non-hydrogen) atoms. The Morgan fingerprint density at radius 3 is 2.35 bits per heavy atom. The summed E-state index contributed by atoms with van der Waals surface area (Å²) in [5.74, 6) is -1.25. The van der Waals surface area contributed by atoms with Gasteiger partial charge in [0.2, 0.25) is 5.91 Å². The van der Waals surface area contributed by atoms with E-state index in [1.807, 2.05) is 41.0 Å². The molecule has 1 aliphatic rings. The lowest BCUT2D eigenvalue weighted by molar-refractivity contribution is -0.159. The molecule has 1 aromatic heterocycles. The Bertz CT molecular complexity index is 1460. The lowest BCUT2D eigenvalue weighted by atomic mass is 9.98. The first-order chi connectivity index (χ1) is 20.8. The summed E-state index contributed by atoms with van der Waals surface area (Å²) < 4.78 is 17.4. The van der Waals surface area contributed by atoms with Crippen LogP contribution >= 0.6 is 0 Å². The molecule has 1 unspecified atom stereocenters. The van der Waals surface area contributed by atoms with Crippen LogP contribution in [0.25, 0.3) is 11.1 Å². The van der Waals surface area contributed by atoms with E-state index in [0.29, 0.717) is 30.6 Å². The second kappa shape index (κ2) is 14.6. The van der Waals surface area contributed by atoms with Crippen LogP contribution in [0.2, 0.25) is 0 Å². The van der Waals surface area contributed by atoms with Crippen molar-refractivity contribution in [3.8, 4) is 11.1 Å². The Morgan fingerprint density at radius 1 is 0.953 bits per heavy atom. The van der Waals surface area contributed by atoms with Gasteiger partial charge in [-0.1, -0.05) is 55.8 Å². The minimum absolute atomic E-state index is 0.149. The molecular weight excluding hydrogens is 550 g/mol. The maximum absolute atomic E-state index is 13.4. The molecule has 0 saturated carbocycles. The highest BCUT2D eigenvalue weighted by molar-refractivity contribution is 5.97. The molecule has 228 valence electrons. The van der Waals surface area contributed by atoms with Crippen LogP contribution in [0, 0.1) is 0 Å². The van der Waals surface area contributed by atoms with Crippen LogP contribution in [0.3, 0.4) is 0 Å². The Hall–Kier alpha value is -4.47. The van der Waals surface area contributed by atoms with Crippen LogP contribution in [0.4, 0.5) is 0 Å². The number of carbonyl (C=O) groups excluding carboxylic acids is 4. The van der Waals surface area contributed by atoms with Crippen molar-refractivity contribution < 1.29 is 33.4 Å². The first-order valence-electron chi connectivity index (χ1n) is 14.8. The first-order valence-corrected chi connectivity index (χ1v) is 14.8. The summed E-state index contributed by atoms with van der Waals surface area (Å²) in [4.78, 5) is 57.5. The number of methoxy groups -OCH3 is 1. The van der Waals surface area contributed by atoms with Crippen LogP contribution in [0.5, 0.6) is 0 Å². The third kappa shape index (κ3) is 7.13. The summed E-state index contributed by atoms with van der Waals surface area (Å²) in [5, 5.41) is 0. The van der Waals surface area contributed by atoms with Gasteiger partial charge in [-0.3, -0.25) is 9.59 Å². The van der Waals surface area contributed by atoms with Crippen LogP contribution < -0.4 is 0 Å². The topological polar surface area (TPSA) is 117 Å². The average molecular weight is 590 g/mol. The second-order valence-corrected chi connectivity index (χ2v) is 10.3. The fourth-order valence-electron chi connectivity index (χ4n) is 5.42. The molecule has 0 N–H and O–H groups in total. The largest absolute Gasteiger partial charge is 0.466 e. The van der Waals surface area contributed by atoms with Crippen LogP contribution in [-0.2, 0) is 48.0 Å². The number of benzene rings is 2. The first kappa shape index (κ1) is 31.5. The Balaban J connectivity index is 1.72. The predicted octanol–water partition coefficient (Wildman–Crippen LogP) is 4.67. The molecule has 1 aliphatic heterocycles. The summed E-state index contributed by atoms with van der Waals surface area (Å²) in [6, 6.07) is 14.1. The number of esters is 3. The molecule has 4 rings (SSSR count). The lowest BCUT2D eigenvalue weighted by Gasteiger charge is -2.34. The van der Waals surface area contributed by atoms with E-state index in [2.05, 4.69) is 6.92 Å². The van der Waals surface area contributed by atoms with Gasteiger partial charge in [-0.2, -0.15) is 0 Å². The fraction of sp³-hybridized carbons (Fsp3) is 0.424. The molecule has 10 heteroatoms. The summed E-state index contributed by atoms with van der Waals surface area (Å²) in [5.41, 5.74) is 4.44. The normalized spacial score (nSPS) is 14.1. The minimum atomic E-state index is -1.03. The number of aryl methyl sites for hydroxylation is 1. The number of nitrogens with zero attached hydrogens (tertiary/aromatic N) is 3. The molecule has 3 aromatic rings. The van der Waals surface area contributed by atoms with E-state index in [-0.39, 0.29) is 19.8 Å². The summed E-state index contributed by atoms with van der Waals surface area (Å²) >= 11 is 0. The number of carbonyl (C=O) groups is 4. The van der Waals surface area contributed by atoms with Gasteiger partial charge in [0.25, 0.3) is 0 Å². The molecule has 0 fully saturated rings. The Morgan fingerprint density at radius 2 is 1.67 bits per heavy atom. The standard InChI is InChI=1S/C33H39N3O7/c1-5-8-13-27-34-26-18-19-35(28(37)20-29(38)42-6-2)31(33(40)43-7-3)30(26)36(27)21-22-14-16-23(17-15-22)24-11-9-10-12-25(24)32(39)41-4/h9-12,14-17,31H,5-8,13,18-21H2,1-4H3. The van der Waals surface area contributed by atoms with Gasteiger partial charge in [-0.25, -0.2) is 14.6 Å². The molecule has 1 atom stereocenters. The number of hydrogen-bond donors (Lipinski definition) is 0. The predicted molar refractivity (Wildman–Crippen MR) is 159 cm³/mol. The van der Waals surface area contributed by atoms with Crippen molar-refractivity contribution in [2.24, 2.45) is 0 Å². The maximum atomic E-state index is 13.4. The van der Waals surface area contributed by atoms with E-state index in [0.717, 1.165) is 41.1 Å².